The van der Waals surface area contributed by atoms with E-state index in [4.69, 9.17) is 4.74 Å². The minimum Gasteiger partial charge on any atom is -0.469 e. The minimum absolute atomic E-state index is 0.0209. The van der Waals surface area contributed by atoms with Gasteiger partial charge in [0.05, 0.1) is 13.0 Å². The van der Waals surface area contributed by atoms with Crippen LogP contribution in [-0.2, 0) is 9.53 Å². The van der Waals surface area contributed by atoms with E-state index in [2.05, 4.69) is 13.5 Å². The van der Waals surface area contributed by atoms with Crippen LogP contribution in [0.1, 0.15) is 71.1 Å². The Bertz CT molecular complexity index is 211. The van der Waals surface area contributed by atoms with Crippen LogP contribution < -0.4 is 0 Å². The number of allylic oxidation sites excluding steroid dienone is 1. The average Bonchev–Trinajstić information content (AvgIpc) is 2.39. The number of rotatable bonds is 12. The lowest BCUT2D eigenvalue weighted by atomic mass is 9.97. The molecule has 0 fully saturated rings. The van der Waals surface area contributed by atoms with Gasteiger partial charge in [-0.2, -0.15) is 0 Å². The Balaban J connectivity index is 3.49. The molecule has 2 nitrogen and oxygen atoms in total. The van der Waals surface area contributed by atoms with Crippen molar-refractivity contribution in [1.82, 2.24) is 0 Å². The summed E-state index contributed by atoms with van der Waals surface area (Å²) in [5.41, 5.74) is 0. The molecule has 106 valence electrons. The summed E-state index contributed by atoms with van der Waals surface area (Å²) in [7, 11) is 1.46. The average molecular weight is 254 g/mol. The number of ether oxygens (including phenoxy) is 1. The van der Waals surface area contributed by atoms with E-state index in [0.717, 1.165) is 19.3 Å². The predicted octanol–water partition coefficient (Wildman–Crippen LogP) is 4.88. The molecule has 0 aliphatic rings. The van der Waals surface area contributed by atoms with E-state index < -0.39 is 0 Å². The van der Waals surface area contributed by atoms with Crippen molar-refractivity contribution < 1.29 is 9.53 Å². The van der Waals surface area contributed by atoms with Crippen LogP contribution in [0.4, 0.5) is 0 Å². The van der Waals surface area contributed by atoms with Gasteiger partial charge in [-0.05, 0) is 12.8 Å². The van der Waals surface area contributed by atoms with Crippen LogP contribution in [0.15, 0.2) is 12.7 Å². The summed E-state index contributed by atoms with van der Waals surface area (Å²) in [6, 6.07) is 0. The summed E-state index contributed by atoms with van der Waals surface area (Å²) < 4.78 is 4.80. The maximum absolute atomic E-state index is 11.5. The third-order valence-corrected chi connectivity index (χ3v) is 3.39. The molecule has 2 heteroatoms. The van der Waals surface area contributed by atoms with Crippen LogP contribution in [-0.4, -0.2) is 13.1 Å². The summed E-state index contributed by atoms with van der Waals surface area (Å²) in [5.74, 6) is -0.0644. The molecule has 0 spiro atoms. The number of esters is 1. The molecule has 0 amide bonds. The standard InChI is InChI=1S/C16H30O2/c1-4-6-7-8-9-10-11-12-14-15(13-5-2)16(17)18-3/h5,15H,2,4,6-14H2,1,3H3. The van der Waals surface area contributed by atoms with Gasteiger partial charge in [0.15, 0.2) is 0 Å². The van der Waals surface area contributed by atoms with E-state index in [1.54, 1.807) is 0 Å². The van der Waals surface area contributed by atoms with E-state index in [-0.39, 0.29) is 11.9 Å². The van der Waals surface area contributed by atoms with Gasteiger partial charge in [-0.15, -0.1) is 6.58 Å². The first-order valence-corrected chi connectivity index (χ1v) is 7.45. The Morgan fingerprint density at radius 2 is 1.67 bits per heavy atom. The fourth-order valence-electron chi connectivity index (χ4n) is 2.22. The lowest BCUT2D eigenvalue weighted by Crippen LogP contribution is -2.15. The Morgan fingerprint density at radius 3 is 2.17 bits per heavy atom. The maximum atomic E-state index is 11.5. The van der Waals surface area contributed by atoms with Gasteiger partial charge in [-0.1, -0.05) is 64.4 Å². The predicted molar refractivity (Wildman–Crippen MR) is 77.5 cm³/mol. The molecule has 0 N–H and O–H groups in total. The molecule has 0 aromatic rings. The van der Waals surface area contributed by atoms with Crippen molar-refractivity contribution in [2.24, 2.45) is 5.92 Å². The third kappa shape index (κ3) is 9.26. The van der Waals surface area contributed by atoms with Crippen molar-refractivity contribution in [1.29, 1.82) is 0 Å². The van der Waals surface area contributed by atoms with Gasteiger partial charge in [0.1, 0.15) is 0 Å². The van der Waals surface area contributed by atoms with Gasteiger partial charge >= 0.3 is 5.97 Å². The van der Waals surface area contributed by atoms with Crippen molar-refractivity contribution in [3.8, 4) is 0 Å². The Morgan fingerprint density at radius 1 is 1.11 bits per heavy atom. The molecule has 1 atom stereocenters. The lowest BCUT2D eigenvalue weighted by molar-refractivity contribution is -0.145. The normalized spacial score (nSPS) is 12.1. The molecule has 18 heavy (non-hydrogen) atoms. The lowest BCUT2D eigenvalue weighted by Gasteiger charge is -2.12. The monoisotopic (exact) mass is 254 g/mol. The molecule has 0 bridgehead atoms. The van der Waals surface area contributed by atoms with Crippen molar-refractivity contribution in [2.45, 2.75) is 71.1 Å². The van der Waals surface area contributed by atoms with E-state index in [1.165, 1.54) is 52.1 Å². The highest BCUT2D eigenvalue weighted by Crippen LogP contribution is 2.17. The van der Waals surface area contributed by atoms with Crippen LogP contribution in [0, 0.1) is 5.92 Å². The molecule has 0 rings (SSSR count). The largest absolute Gasteiger partial charge is 0.469 e. The molecule has 0 saturated carbocycles. The van der Waals surface area contributed by atoms with E-state index in [9.17, 15) is 4.79 Å². The first-order valence-electron chi connectivity index (χ1n) is 7.45. The van der Waals surface area contributed by atoms with E-state index in [0.29, 0.717) is 0 Å². The Hall–Kier alpha value is -0.790. The van der Waals surface area contributed by atoms with Crippen LogP contribution in [0.25, 0.3) is 0 Å². The Kier molecular flexibility index (Phi) is 12.1. The molecular formula is C16H30O2. The number of hydrogen-bond donors (Lipinski definition) is 0. The minimum atomic E-state index is -0.0853. The molecule has 0 aromatic heterocycles. The van der Waals surface area contributed by atoms with Gasteiger partial charge in [-0.25, -0.2) is 0 Å². The van der Waals surface area contributed by atoms with Crippen molar-refractivity contribution in [2.75, 3.05) is 7.11 Å². The second-order valence-electron chi connectivity index (χ2n) is 5.01. The second kappa shape index (κ2) is 12.7. The van der Waals surface area contributed by atoms with Crippen molar-refractivity contribution >= 4 is 5.97 Å². The summed E-state index contributed by atoms with van der Waals surface area (Å²) in [4.78, 5) is 11.5. The number of unbranched alkanes of at least 4 members (excludes halogenated alkanes) is 7. The topological polar surface area (TPSA) is 26.3 Å². The fraction of sp³-hybridized carbons (Fsp3) is 0.812. The summed E-state index contributed by atoms with van der Waals surface area (Å²) in [5, 5.41) is 0. The van der Waals surface area contributed by atoms with Gasteiger partial charge in [0, 0.05) is 0 Å². The third-order valence-electron chi connectivity index (χ3n) is 3.39. The van der Waals surface area contributed by atoms with E-state index >= 15 is 0 Å². The number of hydrogen-bond acceptors (Lipinski definition) is 2. The van der Waals surface area contributed by atoms with Crippen LogP contribution in [0.3, 0.4) is 0 Å². The first-order chi connectivity index (χ1) is 8.76. The van der Waals surface area contributed by atoms with Gasteiger partial charge < -0.3 is 4.74 Å². The quantitative estimate of drug-likeness (QED) is 0.282. The smallest absolute Gasteiger partial charge is 0.308 e. The van der Waals surface area contributed by atoms with Crippen molar-refractivity contribution in [3.05, 3.63) is 12.7 Å². The zero-order valence-electron chi connectivity index (χ0n) is 12.2. The highest BCUT2D eigenvalue weighted by atomic mass is 16.5. The van der Waals surface area contributed by atoms with E-state index in [1.807, 2.05) is 6.08 Å². The molecule has 0 radical (unpaired) electrons. The van der Waals surface area contributed by atoms with Crippen molar-refractivity contribution in [3.63, 3.8) is 0 Å². The molecular weight excluding hydrogens is 224 g/mol. The SMILES string of the molecule is C=CCC(CCCCCCCCCC)C(=O)OC. The molecule has 0 heterocycles. The maximum Gasteiger partial charge on any atom is 0.308 e. The zero-order valence-corrected chi connectivity index (χ0v) is 12.2. The highest BCUT2D eigenvalue weighted by Gasteiger charge is 2.16. The molecule has 1 unspecified atom stereocenters. The van der Waals surface area contributed by atoms with Gasteiger partial charge in [0.2, 0.25) is 0 Å². The molecule has 0 aliphatic carbocycles. The number of methoxy groups -OCH3 is 1. The van der Waals surface area contributed by atoms with Gasteiger partial charge in [-0.3, -0.25) is 4.79 Å². The summed E-state index contributed by atoms with van der Waals surface area (Å²) >= 11 is 0. The van der Waals surface area contributed by atoms with Gasteiger partial charge in [0.25, 0.3) is 0 Å². The molecule has 0 aromatic carbocycles. The number of carbonyl (C=O) groups excluding carboxylic acids is 1. The summed E-state index contributed by atoms with van der Waals surface area (Å²) in [6.45, 7) is 5.94. The van der Waals surface area contributed by atoms with Crippen LogP contribution >= 0.6 is 0 Å². The molecule has 0 saturated heterocycles. The molecule has 0 aliphatic heterocycles. The number of carbonyl (C=O) groups is 1. The summed E-state index contributed by atoms with van der Waals surface area (Å²) in [6.07, 6.45) is 13.9. The zero-order chi connectivity index (χ0) is 13.6. The highest BCUT2D eigenvalue weighted by molar-refractivity contribution is 5.72. The van der Waals surface area contributed by atoms with Crippen LogP contribution in [0.5, 0.6) is 0 Å². The second-order valence-corrected chi connectivity index (χ2v) is 5.01. The Labute approximate surface area is 113 Å². The first kappa shape index (κ1) is 17.2. The van der Waals surface area contributed by atoms with Crippen LogP contribution in [0.2, 0.25) is 0 Å². The fourth-order valence-corrected chi connectivity index (χ4v) is 2.22.